The Morgan fingerprint density at radius 3 is 2.06 bits per heavy atom. The number of nitrogens with two attached hydrogens (primary N) is 1. The van der Waals surface area contributed by atoms with Crippen molar-refractivity contribution in [3.63, 3.8) is 0 Å². The van der Waals surface area contributed by atoms with Crippen molar-refractivity contribution in [1.82, 2.24) is 4.90 Å². The Kier molecular flexibility index (Phi) is 18.6. The van der Waals surface area contributed by atoms with Crippen LogP contribution in [0.15, 0.2) is 108 Å². The Hall–Kier alpha value is -3.83. The Morgan fingerprint density at radius 2 is 1.43 bits per heavy atom. The highest BCUT2D eigenvalue weighted by Crippen LogP contribution is 2.35. The van der Waals surface area contributed by atoms with Gasteiger partial charge in [0.05, 0.1) is 43.3 Å². The topological polar surface area (TPSA) is 277 Å². The van der Waals surface area contributed by atoms with Crippen LogP contribution in [0.2, 0.25) is 0 Å². The zero-order valence-corrected chi connectivity index (χ0v) is 35.8. The number of alkyl halides is 1. The third-order valence-electron chi connectivity index (χ3n) is 10.6. The molecule has 0 spiro atoms. The first-order chi connectivity index (χ1) is 30.0. The van der Waals surface area contributed by atoms with Crippen LogP contribution in [-0.2, 0) is 42.8 Å². The summed E-state index contributed by atoms with van der Waals surface area (Å²) in [5, 5.41) is 74.9. The van der Waals surface area contributed by atoms with Gasteiger partial charge in [0.25, 0.3) is 5.91 Å². The van der Waals surface area contributed by atoms with Crippen LogP contribution in [0.1, 0.15) is 26.7 Å². The molecule has 18 nitrogen and oxygen atoms in total. The van der Waals surface area contributed by atoms with Crippen LogP contribution in [0.5, 0.6) is 0 Å². The molecular formula is C43H54Cl2N2O16. The van der Waals surface area contributed by atoms with E-state index in [0.717, 1.165) is 17.4 Å². The number of hydrogen-bond acceptors (Lipinski definition) is 16. The Balaban J connectivity index is 1.19. The first-order valence-corrected chi connectivity index (χ1v) is 21.0. The van der Waals surface area contributed by atoms with Crippen molar-refractivity contribution in [2.24, 2.45) is 5.73 Å². The molecule has 20 heteroatoms. The van der Waals surface area contributed by atoms with E-state index >= 15 is 0 Å². The molecule has 5 saturated heterocycles. The minimum Gasteiger partial charge on any atom is -0.507 e. The second-order valence-electron chi connectivity index (χ2n) is 15.3. The summed E-state index contributed by atoms with van der Waals surface area (Å²) in [6.45, 7) is 2.44. The highest BCUT2D eigenvalue weighted by molar-refractivity contribution is 6.31. The molecule has 5 aliphatic rings. The Bertz CT molecular complexity index is 1900. The van der Waals surface area contributed by atoms with E-state index < -0.39 is 128 Å². The number of aliphatic hydroxyl groups excluding tert-OH is 7. The van der Waals surface area contributed by atoms with Crippen molar-refractivity contribution in [1.29, 1.82) is 0 Å². The summed E-state index contributed by atoms with van der Waals surface area (Å²) in [4.78, 5) is 40.4. The van der Waals surface area contributed by atoms with E-state index in [1.54, 1.807) is 48.6 Å². The van der Waals surface area contributed by atoms with Crippen LogP contribution in [0.3, 0.4) is 0 Å². The molecule has 9 N–H and O–H groups in total. The van der Waals surface area contributed by atoms with Gasteiger partial charge < -0.3 is 69.9 Å². The average molecular weight is 926 g/mol. The second-order valence-corrected chi connectivity index (χ2v) is 16.3. The van der Waals surface area contributed by atoms with Gasteiger partial charge in [0, 0.05) is 5.03 Å². The van der Waals surface area contributed by atoms with Gasteiger partial charge in [0.1, 0.15) is 66.2 Å². The van der Waals surface area contributed by atoms with Gasteiger partial charge in [0.15, 0.2) is 24.6 Å². The number of amides is 2. The van der Waals surface area contributed by atoms with E-state index in [4.69, 9.17) is 57.4 Å². The molecule has 16 atom stereocenters. The summed E-state index contributed by atoms with van der Waals surface area (Å²) in [5.41, 5.74) is 4.70. The van der Waals surface area contributed by atoms with Crippen LogP contribution in [0.4, 0.5) is 0 Å². The fourth-order valence-corrected chi connectivity index (χ4v) is 7.77. The van der Waals surface area contributed by atoms with Crippen molar-refractivity contribution in [3.05, 3.63) is 108 Å². The van der Waals surface area contributed by atoms with E-state index in [9.17, 15) is 50.1 Å². The highest BCUT2D eigenvalue weighted by Gasteiger charge is 2.56. The SMILES string of the molecule is C[C@@H]1C[C@H](Cl)[C@H](/C=C/C=C\C=C\C(Cl)=C\C=C\C=C\C=C\C=C\C(O)=C2\C(=O)[C@H](CC(N)=O)N([C@@H]3OC[C@@H](O)[C@H](O)[C@H]3O[C@@H]3OC[C@@H](O[C@@H]4O[C@H](C)[C@@H](O)[C@@H]4O)[C@@H](O)[C@@H]3O)C2=O)O1. The molecule has 0 radical (unpaired) electrons. The van der Waals surface area contributed by atoms with Gasteiger partial charge in [-0.15, -0.1) is 11.6 Å². The zero-order valence-electron chi connectivity index (χ0n) is 34.3. The number of ketones is 1. The largest absolute Gasteiger partial charge is 0.507 e. The number of primary amides is 1. The van der Waals surface area contributed by atoms with Gasteiger partial charge >= 0.3 is 0 Å². The molecule has 0 bridgehead atoms. The monoisotopic (exact) mass is 924 g/mol. The lowest BCUT2D eigenvalue weighted by Crippen LogP contribution is -2.65. The third kappa shape index (κ3) is 12.9. The van der Waals surface area contributed by atoms with Crippen molar-refractivity contribution in [3.8, 4) is 0 Å². The van der Waals surface area contributed by atoms with Crippen LogP contribution >= 0.6 is 23.2 Å². The predicted molar refractivity (Wildman–Crippen MR) is 225 cm³/mol. The number of likely N-dealkylation sites (tertiary alicyclic amines) is 1. The maximum Gasteiger partial charge on any atom is 0.264 e. The van der Waals surface area contributed by atoms with Gasteiger partial charge in [0.2, 0.25) is 5.91 Å². The first kappa shape index (κ1) is 50.2. The van der Waals surface area contributed by atoms with E-state index in [-0.39, 0.29) is 17.6 Å². The van der Waals surface area contributed by atoms with Crippen LogP contribution in [0, 0.1) is 0 Å². The lowest BCUT2D eigenvalue weighted by molar-refractivity contribution is -0.338. The van der Waals surface area contributed by atoms with Gasteiger partial charge in [-0.25, -0.2) is 0 Å². The smallest absolute Gasteiger partial charge is 0.264 e. The van der Waals surface area contributed by atoms with Gasteiger partial charge in [-0.3, -0.25) is 19.3 Å². The normalized spacial score (nSPS) is 39.4. The number of carbonyl (C=O) groups is 3. The predicted octanol–water partition coefficient (Wildman–Crippen LogP) is 0.648. The number of rotatable bonds is 16. The van der Waals surface area contributed by atoms with Crippen molar-refractivity contribution < 1.29 is 78.6 Å². The van der Waals surface area contributed by atoms with E-state index in [1.165, 1.54) is 19.1 Å². The summed E-state index contributed by atoms with van der Waals surface area (Å²) < 4.78 is 33.7. The summed E-state index contributed by atoms with van der Waals surface area (Å²) in [6.07, 6.45) is 6.55. The van der Waals surface area contributed by atoms with Gasteiger partial charge in [-0.05, 0) is 38.5 Å². The lowest BCUT2D eigenvalue weighted by atomic mass is 10.0. The lowest BCUT2D eigenvalue weighted by Gasteiger charge is -2.46. The third-order valence-corrected chi connectivity index (χ3v) is 11.2. The summed E-state index contributed by atoms with van der Waals surface area (Å²) in [7, 11) is 0. The van der Waals surface area contributed by atoms with Gasteiger partial charge in [-0.1, -0.05) is 84.5 Å². The number of ether oxygens (including phenoxy) is 6. The van der Waals surface area contributed by atoms with Crippen molar-refractivity contribution >= 4 is 40.8 Å². The average Bonchev–Trinajstić information content (AvgIpc) is 3.78. The molecular weight excluding hydrogens is 871 g/mol. The molecule has 0 aliphatic carbocycles. The molecule has 0 saturated carbocycles. The molecule has 2 amide bonds. The number of Topliss-reactive ketones (excluding diaryl/α,β-unsaturated/α-hetero) is 1. The molecule has 5 fully saturated rings. The fraction of sp³-hybridized carbons (Fsp3) is 0.512. The minimum atomic E-state index is -1.90. The van der Waals surface area contributed by atoms with E-state index in [1.807, 2.05) is 31.2 Å². The number of carbonyl (C=O) groups excluding carboxylic acids is 3. The number of hydrogen-bond donors (Lipinski definition) is 8. The molecule has 5 heterocycles. The molecule has 63 heavy (non-hydrogen) atoms. The fourth-order valence-electron chi connectivity index (χ4n) is 7.23. The minimum absolute atomic E-state index is 0.0390. The number of halogens is 2. The standard InChI is InChI=1S/C43H54Cl2N2O16/c1-22-18-25(45)29(60-22)17-13-9-8-11-15-24(44)14-10-6-4-3-5-7-12-16-27(48)32-34(52)26(19-31(46)50)47(40(32)57)41-39(35(53)28(49)20-58-41)63-42-38(56)36(54)30(21-59-42)62-43-37(55)33(51)23(2)61-43/h3-17,22-23,25-26,28-30,33,35-39,41-43,48-49,51,53-56H,18-21H2,1-2H3,(H2,46,50)/b4-3+,7-5+,9-8-,10-6+,15-11+,16-12+,17-13+,24-14-,32-27+/t22-,23-,25+,26+,28-,29+,30-,33-,35+,36-,37+,38+,39-,41-,42+,43+/m1/s1. The molecule has 5 rings (SSSR count). The molecule has 0 unspecified atom stereocenters. The number of allylic oxidation sites excluding steroid dienone is 15. The van der Waals surface area contributed by atoms with Crippen LogP contribution < -0.4 is 5.73 Å². The molecule has 0 aromatic rings. The van der Waals surface area contributed by atoms with Gasteiger partial charge in [-0.2, -0.15) is 0 Å². The quantitative estimate of drug-likeness (QED) is 0.0347. The molecule has 5 aliphatic heterocycles. The molecule has 0 aromatic carbocycles. The molecule has 0 aromatic heterocycles. The Labute approximate surface area is 373 Å². The number of nitrogens with zero attached hydrogens (tertiary/aromatic N) is 1. The van der Waals surface area contributed by atoms with Crippen molar-refractivity contribution in [2.45, 2.75) is 124 Å². The van der Waals surface area contributed by atoms with E-state index in [2.05, 4.69) is 0 Å². The highest BCUT2D eigenvalue weighted by atomic mass is 35.5. The maximum absolute atomic E-state index is 13.9. The van der Waals surface area contributed by atoms with Crippen molar-refractivity contribution in [2.75, 3.05) is 13.2 Å². The first-order valence-electron chi connectivity index (χ1n) is 20.2. The number of aliphatic hydroxyl groups is 7. The van der Waals surface area contributed by atoms with Crippen LogP contribution in [0.25, 0.3) is 0 Å². The summed E-state index contributed by atoms with van der Waals surface area (Å²) >= 11 is 12.5. The van der Waals surface area contributed by atoms with E-state index in [0.29, 0.717) is 5.03 Å². The summed E-state index contributed by atoms with van der Waals surface area (Å²) in [5.74, 6) is -3.89. The Morgan fingerprint density at radius 1 is 0.794 bits per heavy atom. The zero-order chi connectivity index (χ0) is 46.0. The van der Waals surface area contributed by atoms with Crippen LogP contribution in [-0.4, -0.2) is 169 Å². The second kappa shape index (κ2) is 23.4. The molecule has 346 valence electrons. The maximum atomic E-state index is 13.9. The summed E-state index contributed by atoms with van der Waals surface area (Å²) in [6, 6.07) is -1.64.